The summed E-state index contributed by atoms with van der Waals surface area (Å²) in [5.74, 6) is 0.837. The molecular weight excluding hydrogens is 513 g/mol. The smallest absolute Gasteiger partial charge is 0.191 e. The molecule has 0 aliphatic heterocycles. The van der Waals surface area contributed by atoms with Crippen molar-refractivity contribution < 1.29 is 4.74 Å². The number of guanidine groups is 1. The Kier molecular flexibility index (Phi) is 11.8. The Balaban J connectivity index is 0.00000363. The van der Waals surface area contributed by atoms with E-state index in [4.69, 9.17) is 9.73 Å². The zero-order chi connectivity index (χ0) is 21.7. The molecule has 0 saturated heterocycles. The summed E-state index contributed by atoms with van der Waals surface area (Å²) in [6.07, 6.45) is 6.59. The Labute approximate surface area is 208 Å². The summed E-state index contributed by atoms with van der Waals surface area (Å²) < 4.78 is 7.47. The van der Waals surface area contributed by atoms with Gasteiger partial charge in [-0.3, -0.25) is 0 Å². The van der Waals surface area contributed by atoms with Gasteiger partial charge in [0.2, 0.25) is 0 Å². The Bertz CT molecular complexity index is 926. The van der Waals surface area contributed by atoms with Crippen molar-refractivity contribution in [1.29, 1.82) is 0 Å². The molecule has 0 bridgehead atoms. The van der Waals surface area contributed by atoms with E-state index < -0.39 is 0 Å². The van der Waals surface area contributed by atoms with Gasteiger partial charge in [0.25, 0.3) is 0 Å². The molecule has 32 heavy (non-hydrogen) atoms. The number of imidazole rings is 1. The van der Waals surface area contributed by atoms with E-state index in [1.54, 1.807) is 6.20 Å². The zero-order valence-corrected chi connectivity index (χ0v) is 21.3. The molecule has 0 fully saturated rings. The summed E-state index contributed by atoms with van der Waals surface area (Å²) in [6, 6.07) is 17.2. The third-order valence-electron chi connectivity index (χ3n) is 4.92. The van der Waals surface area contributed by atoms with Crippen LogP contribution in [0.15, 0.2) is 72.2 Å². The zero-order valence-electron chi connectivity index (χ0n) is 19.0. The molecule has 7 heteroatoms. The fourth-order valence-electron chi connectivity index (χ4n) is 3.35. The lowest BCUT2D eigenvalue weighted by molar-refractivity contribution is 0.145. The van der Waals surface area contributed by atoms with Crippen LogP contribution in [0.1, 0.15) is 31.4 Å². The van der Waals surface area contributed by atoms with Crippen LogP contribution in [-0.4, -0.2) is 41.8 Å². The molecule has 0 amide bonds. The number of hydrogen-bond acceptors (Lipinski definition) is 3. The Hall–Kier alpha value is -2.39. The van der Waals surface area contributed by atoms with Crippen LogP contribution in [0.2, 0.25) is 0 Å². The highest BCUT2D eigenvalue weighted by Gasteiger charge is 2.06. The van der Waals surface area contributed by atoms with Gasteiger partial charge in [0.1, 0.15) is 0 Å². The van der Waals surface area contributed by atoms with Crippen LogP contribution in [0.3, 0.4) is 0 Å². The van der Waals surface area contributed by atoms with Gasteiger partial charge in [-0.05, 0) is 42.5 Å². The summed E-state index contributed by atoms with van der Waals surface area (Å²) in [5, 5.41) is 6.71. The molecule has 3 aromatic rings. The molecule has 3 rings (SSSR count). The molecule has 0 atom stereocenters. The summed E-state index contributed by atoms with van der Waals surface area (Å²) >= 11 is 0. The van der Waals surface area contributed by atoms with Crippen molar-refractivity contribution in [3.8, 4) is 11.1 Å². The largest absolute Gasteiger partial charge is 0.382 e. The van der Waals surface area contributed by atoms with E-state index in [2.05, 4.69) is 75.6 Å². The first kappa shape index (κ1) is 25.9. The van der Waals surface area contributed by atoms with E-state index in [-0.39, 0.29) is 24.0 Å². The van der Waals surface area contributed by atoms with Gasteiger partial charge in [-0.2, -0.15) is 0 Å². The average molecular weight is 547 g/mol. The van der Waals surface area contributed by atoms with Crippen LogP contribution in [0.5, 0.6) is 0 Å². The second-order valence-electron chi connectivity index (χ2n) is 7.26. The lowest BCUT2D eigenvalue weighted by Crippen LogP contribution is -2.38. The monoisotopic (exact) mass is 547 g/mol. The maximum Gasteiger partial charge on any atom is 0.191 e. The number of aliphatic imine (C=N–C) groups is 1. The normalized spacial score (nSPS) is 11.1. The number of nitrogens with one attached hydrogen (secondary N) is 2. The quantitative estimate of drug-likeness (QED) is 0.158. The number of hydrogen-bond donors (Lipinski definition) is 2. The first-order valence-electron chi connectivity index (χ1n) is 11.0. The van der Waals surface area contributed by atoms with Gasteiger partial charge in [-0.25, -0.2) is 9.98 Å². The molecular formula is C25H34IN5O. The third-order valence-corrected chi connectivity index (χ3v) is 4.92. The van der Waals surface area contributed by atoms with Crippen LogP contribution in [0.25, 0.3) is 11.1 Å². The van der Waals surface area contributed by atoms with Crippen LogP contribution < -0.4 is 10.6 Å². The molecule has 0 saturated carbocycles. The van der Waals surface area contributed by atoms with E-state index in [0.29, 0.717) is 6.54 Å². The first-order chi connectivity index (χ1) is 15.3. The van der Waals surface area contributed by atoms with Gasteiger partial charge in [-0.1, -0.05) is 48.5 Å². The summed E-state index contributed by atoms with van der Waals surface area (Å²) in [7, 11) is 0. The minimum atomic E-state index is 0. The lowest BCUT2D eigenvalue weighted by atomic mass is 9.98. The lowest BCUT2D eigenvalue weighted by Gasteiger charge is -2.13. The van der Waals surface area contributed by atoms with Gasteiger partial charge in [0.05, 0.1) is 12.9 Å². The van der Waals surface area contributed by atoms with Crippen molar-refractivity contribution in [3.63, 3.8) is 0 Å². The topological polar surface area (TPSA) is 63.5 Å². The highest BCUT2D eigenvalue weighted by Crippen LogP contribution is 2.25. The summed E-state index contributed by atoms with van der Waals surface area (Å²) in [5.41, 5.74) is 4.88. The van der Waals surface area contributed by atoms with E-state index in [9.17, 15) is 0 Å². The summed E-state index contributed by atoms with van der Waals surface area (Å²) in [6.45, 7) is 8.74. The van der Waals surface area contributed by atoms with Crippen molar-refractivity contribution in [2.75, 3.05) is 26.3 Å². The number of halogens is 1. The predicted molar refractivity (Wildman–Crippen MR) is 143 cm³/mol. The van der Waals surface area contributed by atoms with Crippen LogP contribution in [-0.2, 0) is 17.8 Å². The van der Waals surface area contributed by atoms with Crippen LogP contribution >= 0.6 is 24.0 Å². The van der Waals surface area contributed by atoms with Gasteiger partial charge in [-0.15, -0.1) is 24.0 Å². The van der Waals surface area contributed by atoms with Gasteiger partial charge < -0.3 is 19.9 Å². The predicted octanol–water partition coefficient (Wildman–Crippen LogP) is 4.70. The molecule has 2 aromatic carbocycles. The number of ether oxygens (including phenoxy) is 1. The third kappa shape index (κ3) is 8.27. The van der Waals surface area contributed by atoms with Crippen molar-refractivity contribution >= 4 is 29.9 Å². The van der Waals surface area contributed by atoms with E-state index >= 15 is 0 Å². The standard InChI is InChI=1S/C25H33N5O.HI/c1-3-27-25(28-14-7-17-31-4-2)29-18-23-8-5-6-9-24(23)22-12-10-21(11-13-22)19-30-16-15-26-20-30;/h5-6,8-13,15-16,20H,3-4,7,14,17-19H2,1-2H3,(H2,27,28,29);1H. The Morgan fingerprint density at radius 2 is 1.88 bits per heavy atom. The Morgan fingerprint density at radius 3 is 2.59 bits per heavy atom. The molecule has 1 heterocycles. The van der Waals surface area contributed by atoms with E-state index in [1.807, 2.05) is 19.4 Å². The molecule has 0 unspecified atom stereocenters. The van der Waals surface area contributed by atoms with E-state index in [1.165, 1.54) is 22.3 Å². The highest BCUT2D eigenvalue weighted by molar-refractivity contribution is 14.0. The second kappa shape index (κ2) is 14.6. The molecule has 172 valence electrons. The molecule has 0 radical (unpaired) electrons. The number of benzene rings is 2. The van der Waals surface area contributed by atoms with Crippen molar-refractivity contribution in [2.24, 2.45) is 4.99 Å². The maximum absolute atomic E-state index is 5.40. The minimum Gasteiger partial charge on any atom is -0.382 e. The van der Waals surface area contributed by atoms with E-state index in [0.717, 1.165) is 45.2 Å². The molecule has 0 aliphatic carbocycles. The first-order valence-corrected chi connectivity index (χ1v) is 11.0. The van der Waals surface area contributed by atoms with Crippen molar-refractivity contribution in [1.82, 2.24) is 20.2 Å². The van der Waals surface area contributed by atoms with Crippen molar-refractivity contribution in [3.05, 3.63) is 78.4 Å². The van der Waals surface area contributed by atoms with Crippen LogP contribution in [0, 0.1) is 0 Å². The average Bonchev–Trinajstić information content (AvgIpc) is 3.31. The SMILES string of the molecule is CCNC(=NCc1ccccc1-c1ccc(Cn2ccnc2)cc1)NCCCOCC.I. The van der Waals surface area contributed by atoms with Gasteiger partial charge >= 0.3 is 0 Å². The maximum atomic E-state index is 5.40. The van der Waals surface area contributed by atoms with Gasteiger partial charge in [0.15, 0.2) is 5.96 Å². The van der Waals surface area contributed by atoms with Crippen molar-refractivity contribution in [2.45, 2.75) is 33.4 Å². The highest BCUT2D eigenvalue weighted by atomic mass is 127. The number of aromatic nitrogens is 2. The molecule has 6 nitrogen and oxygen atoms in total. The molecule has 0 spiro atoms. The number of nitrogens with zero attached hydrogens (tertiary/aromatic N) is 3. The Morgan fingerprint density at radius 1 is 1.06 bits per heavy atom. The second-order valence-corrected chi connectivity index (χ2v) is 7.26. The fourth-order valence-corrected chi connectivity index (χ4v) is 3.35. The van der Waals surface area contributed by atoms with Gasteiger partial charge in [0, 0.05) is 45.2 Å². The molecule has 0 aliphatic rings. The summed E-state index contributed by atoms with van der Waals surface area (Å²) in [4.78, 5) is 8.91. The minimum absolute atomic E-state index is 0. The molecule has 2 N–H and O–H groups in total. The fraction of sp³-hybridized carbons (Fsp3) is 0.360. The molecule has 1 aromatic heterocycles. The van der Waals surface area contributed by atoms with Crippen LogP contribution in [0.4, 0.5) is 0 Å². The number of rotatable bonds is 11.